The van der Waals surface area contributed by atoms with Crippen molar-refractivity contribution in [1.82, 2.24) is 0 Å². The van der Waals surface area contributed by atoms with Crippen LogP contribution in [0.25, 0.3) is 0 Å². The molecular weight excluding hydrogens is 443 g/mol. The maximum Gasteiger partial charge on any atom is 4.00 e. The summed E-state index contributed by atoms with van der Waals surface area (Å²) < 4.78 is 0. The van der Waals surface area contributed by atoms with Crippen LogP contribution in [0.3, 0.4) is 0 Å². The Balaban J connectivity index is -0.0000000257. The molecule has 0 atom stereocenters. The van der Waals surface area contributed by atoms with Gasteiger partial charge < -0.3 is 66.8 Å². The topological polar surface area (TPSA) is 296 Å². The average molecular weight is 445 g/mol. The standard InChI is InChI=1S/Hf.4NO3.H2O/c;4*2-1(3)4;/h;;;;;1H2/q+4;4*-1;. The minimum absolute atomic E-state index is 0. The van der Waals surface area contributed by atoms with Gasteiger partial charge in [0.15, 0.2) is 0 Å². The summed E-state index contributed by atoms with van der Waals surface area (Å²) >= 11 is 0. The van der Waals surface area contributed by atoms with E-state index in [1.807, 2.05) is 0 Å². The zero-order chi connectivity index (χ0) is 14.3. The Labute approximate surface area is 113 Å². The summed E-state index contributed by atoms with van der Waals surface area (Å²) in [6.07, 6.45) is 0. The van der Waals surface area contributed by atoms with E-state index in [0.29, 0.717) is 0 Å². The minimum Gasteiger partial charge on any atom is -0.412 e. The van der Waals surface area contributed by atoms with Gasteiger partial charge in [-0.3, -0.25) is 0 Å². The number of hydrogen-bond donors (Lipinski definition) is 0. The van der Waals surface area contributed by atoms with Gasteiger partial charge in [-0.2, -0.15) is 0 Å². The van der Waals surface area contributed by atoms with E-state index in [0.717, 1.165) is 0 Å². The molecule has 0 aromatic rings. The summed E-state index contributed by atoms with van der Waals surface area (Å²) in [6, 6.07) is 0. The third-order valence-corrected chi connectivity index (χ3v) is 0. The number of rotatable bonds is 0. The zero-order valence-electron chi connectivity index (χ0n) is 7.69. The van der Waals surface area contributed by atoms with Crippen molar-refractivity contribution in [2.45, 2.75) is 0 Å². The molecule has 0 unspecified atom stereocenters. The van der Waals surface area contributed by atoms with Gasteiger partial charge in [-0.15, -0.1) is 0 Å². The Bertz CT molecular complexity index is 159. The van der Waals surface area contributed by atoms with Gasteiger partial charge in [-0.25, -0.2) is 0 Å². The van der Waals surface area contributed by atoms with E-state index in [1.54, 1.807) is 0 Å². The molecule has 0 spiro atoms. The molecule has 0 fully saturated rings. The van der Waals surface area contributed by atoms with Crippen molar-refractivity contribution in [1.29, 1.82) is 0 Å². The van der Waals surface area contributed by atoms with Crippen LogP contribution in [0.4, 0.5) is 0 Å². The van der Waals surface area contributed by atoms with Gasteiger partial charge >= 0.3 is 25.8 Å². The Kier molecular flexibility index (Phi) is 58.7. The molecule has 0 aliphatic rings. The first-order valence-electron chi connectivity index (χ1n) is 2.19. The van der Waals surface area contributed by atoms with Crippen LogP contribution in [-0.2, 0) is 25.8 Å². The Morgan fingerprint density at radius 1 is 0.444 bits per heavy atom. The number of nitrogens with zero attached hydrogens (tertiary/aromatic N) is 4. The molecule has 0 aliphatic heterocycles. The van der Waals surface area contributed by atoms with Crippen LogP contribution in [0.5, 0.6) is 0 Å². The average Bonchev–Trinajstić information content (AvgIpc) is 1.76. The van der Waals surface area contributed by atoms with Gasteiger partial charge in [0.25, 0.3) is 0 Å². The van der Waals surface area contributed by atoms with Gasteiger partial charge in [0.05, 0.1) is 20.3 Å². The summed E-state index contributed by atoms with van der Waals surface area (Å²) in [5.74, 6) is 0. The molecule has 2 N–H and O–H groups in total. The first kappa shape index (κ1) is 36.1. The van der Waals surface area contributed by atoms with Crippen molar-refractivity contribution in [2.24, 2.45) is 0 Å². The van der Waals surface area contributed by atoms with E-state index in [4.69, 9.17) is 61.3 Å². The van der Waals surface area contributed by atoms with Gasteiger partial charge in [0.2, 0.25) is 0 Å². The minimum atomic E-state index is -1.75. The summed E-state index contributed by atoms with van der Waals surface area (Å²) in [7, 11) is 0. The maximum atomic E-state index is 8.25. The summed E-state index contributed by atoms with van der Waals surface area (Å²) in [5, 5.41) is 59.0. The molecule has 0 aromatic carbocycles. The Hall–Kier alpha value is -2.37. The van der Waals surface area contributed by atoms with Crippen molar-refractivity contribution < 1.29 is 51.7 Å². The maximum absolute atomic E-state index is 8.25. The normalized spacial score (nSPS) is 5.33. The van der Waals surface area contributed by atoms with E-state index in [2.05, 4.69) is 0 Å². The Morgan fingerprint density at radius 3 is 0.444 bits per heavy atom. The van der Waals surface area contributed by atoms with Gasteiger partial charge in [0, 0.05) is 0 Å². The van der Waals surface area contributed by atoms with E-state index < -0.39 is 20.3 Å². The van der Waals surface area contributed by atoms with Crippen LogP contribution < -0.4 is 0 Å². The second-order valence-electron chi connectivity index (χ2n) is 0.894. The molecule has 18 heavy (non-hydrogen) atoms. The van der Waals surface area contributed by atoms with Crippen LogP contribution in [-0.4, -0.2) is 25.8 Å². The second kappa shape index (κ2) is 29.3. The molecule has 0 bridgehead atoms. The molecule has 0 rings (SSSR count). The third kappa shape index (κ3) is 387. The third-order valence-electron chi connectivity index (χ3n) is 0. The SMILES string of the molecule is O.O=[N+]([O-])[O-].O=[N+]([O-])[O-].O=[N+]([O-])[O-].O=[N+]([O-])[O-].[Hf+4]. The van der Waals surface area contributed by atoms with Crippen molar-refractivity contribution in [3.8, 4) is 0 Å². The molecule has 17 nitrogen and oxygen atoms in total. The first-order valence-corrected chi connectivity index (χ1v) is 2.19. The van der Waals surface area contributed by atoms with E-state index in [-0.39, 0.29) is 31.3 Å². The summed E-state index contributed by atoms with van der Waals surface area (Å²) in [4.78, 5) is 33.0. The van der Waals surface area contributed by atoms with Crippen molar-refractivity contribution in [3.63, 3.8) is 0 Å². The van der Waals surface area contributed by atoms with E-state index >= 15 is 0 Å². The molecule has 18 heteroatoms. The molecule has 0 amide bonds. The van der Waals surface area contributed by atoms with Gasteiger partial charge in [0.1, 0.15) is 0 Å². The fraction of sp³-hybridized carbons (Fsp3) is 0. The van der Waals surface area contributed by atoms with Gasteiger partial charge in [-0.1, -0.05) is 0 Å². The molecule has 0 aliphatic carbocycles. The predicted octanol–water partition coefficient (Wildman–Crippen LogP) is -1.78. The van der Waals surface area contributed by atoms with Crippen molar-refractivity contribution >= 4 is 0 Å². The van der Waals surface area contributed by atoms with Crippen molar-refractivity contribution in [2.75, 3.05) is 0 Å². The van der Waals surface area contributed by atoms with Crippen molar-refractivity contribution in [3.05, 3.63) is 61.3 Å². The van der Waals surface area contributed by atoms with Crippen LogP contribution >= 0.6 is 0 Å². The van der Waals surface area contributed by atoms with Crippen LogP contribution in [0.2, 0.25) is 0 Å². The van der Waals surface area contributed by atoms with Crippen LogP contribution in [0.15, 0.2) is 0 Å². The second-order valence-corrected chi connectivity index (χ2v) is 0.894. The number of hydrogen-bond acceptors (Lipinski definition) is 12. The molecule has 0 saturated carbocycles. The fourth-order valence-electron chi connectivity index (χ4n) is 0. The quantitative estimate of drug-likeness (QED) is 0.227. The van der Waals surface area contributed by atoms with Gasteiger partial charge in [-0.05, 0) is 0 Å². The largest absolute Gasteiger partial charge is 4.00 e. The molecule has 0 heterocycles. The molecular formula is H2HfN4O13. The predicted molar refractivity (Wildman–Crippen MR) is 45.1 cm³/mol. The van der Waals surface area contributed by atoms with E-state index in [1.165, 1.54) is 0 Å². The van der Waals surface area contributed by atoms with Crippen LogP contribution in [0, 0.1) is 61.3 Å². The molecule has 0 radical (unpaired) electrons. The smallest absolute Gasteiger partial charge is 0.412 e. The molecule has 0 saturated heterocycles. The first-order chi connectivity index (χ1) is 6.93. The zero-order valence-corrected chi connectivity index (χ0v) is 11.3. The monoisotopic (exact) mass is 446 g/mol. The molecule has 0 aromatic heterocycles. The Morgan fingerprint density at radius 2 is 0.444 bits per heavy atom. The summed E-state index contributed by atoms with van der Waals surface area (Å²) in [5.41, 5.74) is 0. The summed E-state index contributed by atoms with van der Waals surface area (Å²) in [6.45, 7) is 0. The fourth-order valence-corrected chi connectivity index (χ4v) is 0. The van der Waals surface area contributed by atoms with E-state index in [9.17, 15) is 0 Å². The van der Waals surface area contributed by atoms with Crippen LogP contribution in [0.1, 0.15) is 0 Å². The molecule has 104 valence electrons.